The minimum absolute atomic E-state index is 0.0280. The minimum atomic E-state index is -1.20. The highest BCUT2D eigenvalue weighted by Crippen LogP contribution is 2.24. The highest BCUT2D eigenvalue weighted by molar-refractivity contribution is 5.97. The lowest BCUT2D eigenvalue weighted by molar-refractivity contribution is -0.133. The Morgan fingerprint density at radius 1 is 0.641 bits per heavy atom. The molecule has 0 saturated heterocycles. The van der Waals surface area contributed by atoms with Crippen LogP contribution in [0.25, 0.3) is 11.1 Å². The van der Waals surface area contributed by atoms with E-state index in [9.17, 15) is 47.9 Å². The summed E-state index contributed by atoms with van der Waals surface area (Å²) >= 11 is 0. The minimum Gasteiger partial charge on any atom is -0.486 e. The van der Waals surface area contributed by atoms with E-state index < -0.39 is 89.9 Å². The molecule has 0 aromatic heterocycles. The number of ether oxygens (including phenoxy) is 2. The topological polar surface area (TPSA) is 375 Å². The number of benzene rings is 2. The molecule has 0 spiro atoms. The van der Waals surface area contributed by atoms with E-state index in [1.807, 2.05) is 66.7 Å². The van der Waals surface area contributed by atoms with Gasteiger partial charge in [-0.05, 0) is 147 Å². The number of rotatable bonds is 39. The monoisotopic (exact) mass is 1090 g/mol. The summed E-state index contributed by atoms with van der Waals surface area (Å²) in [5, 5.41) is 24.2. The van der Waals surface area contributed by atoms with Crippen molar-refractivity contribution in [2.24, 2.45) is 23.1 Å². The molecule has 0 bridgehead atoms. The second-order valence-corrected chi connectivity index (χ2v) is 20.5. The Labute approximate surface area is 458 Å². The van der Waals surface area contributed by atoms with E-state index in [4.69, 9.17) is 26.7 Å². The Balaban J connectivity index is 1.92. The Morgan fingerprint density at radius 3 is 1.77 bits per heavy atom. The molecule has 24 nitrogen and oxygen atoms in total. The van der Waals surface area contributed by atoms with Gasteiger partial charge in [0.15, 0.2) is 6.29 Å². The lowest BCUT2D eigenvalue weighted by Crippen LogP contribution is -2.57. The summed E-state index contributed by atoms with van der Waals surface area (Å²) in [7, 11) is 0. The number of carbonyl (C=O) groups excluding carboxylic acids is 10. The number of carbonyl (C=O) groups is 10. The molecule has 24 heteroatoms. The van der Waals surface area contributed by atoms with Gasteiger partial charge in [0, 0.05) is 12.0 Å². The van der Waals surface area contributed by atoms with Gasteiger partial charge in [-0.25, -0.2) is 0 Å². The van der Waals surface area contributed by atoms with E-state index in [1.165, 1.54) is 0 Å². The molecule has 0 aliphatic heterocycles. The number of nitrogens with two attached hydrogens (primary N) is 3. The molecule has 0 radical (unpaired) electrons. The summed E-state index contributed by atoms with van der Waals surface area (Å²) in [6.07, 6.45) is 3.03. The third-order valence-electron chi connectivity index (χ3n) is 11.9. The van der Waals surface area contributed by atoms with Gasteiger partial charge in [-0.15, -0.1) is 0 Å². The maximum absolute atomic E-state index is 13.4. The maximum atomic E-state index is 13.4. The Morgan fingerprint density at radius 2 is 1.21 bits per heavy atom. The van der Waals surface area contributed by atoms with Crippen LogP contribution in [0.1, 0.15) is 110 Å². The van der Waals surface area contributed by atoms with Crippen LogP contribution >= 0.6 is 0 Å². The summed E-state index contributed by atoms with van der Waals surface area (Å²) in [6.45, 7) is 13.0. The fourth-order valence-corrected chi connectivity index (χ4v) is 7.66. The first-order valence-electron chi connectivity index (χ1n) is 26.5. The molecule has 0 aliphatic rings. The molecule has 0 saturated carbocycles. The SMILES string of the molecule is CCCC(=O)N[C@@H](CCNCCC(C)(C)OCC(C)(C)NC(=O)c1cccc(-c2ccc(OCC=O)cc2)c1)C(=O)NCC(=O)N[C@@H](CCN)C(=O)NCC(=O)N[C@@H](CC(C)C)C(=O)N[C@@H](CCN)C(=O)N[C@H](C=O)CCN. The van der Waals surface area contributed by atoms with Crippen LogP contribution in [0, 0.1) is 5.92 Å². The number of aldehydes is 2. The smallest absolute Gasteiger partial charge is 0.251 e. The zero-order valence-electron chi connectivity index (χ0n) is 46.4. The van der Waals surface area contributed by atoms with Crippen molar-refractivity contribution in [3.63, 3.8) is 0 Å². The van der Waals surface area contributed by atoms with Crippen LogP contribution in [0.2, 0.25) is 0 Å². The van der Waals surface area contributed by atoms with E-state index in [0.717, 1.165) is 11.1 Å². The number of nitrogens with one attached hydrogen (secondary N) is 9. The Bertz CT molecular complexity index is 2260. The number of hydrogen-bond donors (Lipinski definition) is 12. The van der Waals surface area contributed by atoms with Crippen molar-refractivity contribution in [1.82, 2.24) is 47.9 Å². The van der Waals surface area contributed by atoms with Crippen LogP contribution in [0.4, 0.5) is 0 Å². The first kappa shape index (κ1) is 67.3. The lowest BCUT2D eigenvalue weighted by atomic mass is 10.0. The van der Waals surface area contributed by atoms with Crippen LogP contribution in [-0.2, 0) is 47.9 Å². The van der Waals surface area contributed by atoms with Crippen molar-refractivity contribution in [1.29, 1.82) is 0 Å². The Hall–Kier alpha value is -6.86. The van der Waals surface area contributed by atoms with Crippen molar-refractivity contribution in [3.8, 4) is 16.9 Å². The predicted molar refractivity (Wildman–Crippen MR) is 294 cm³/mol. The van der Waals surface area contributed by atoms with Gasteiger partial charge in [0.1, 0.15) is 42.8 Å². The number of amides is 8. The molecule has 0 heterocycles. The first-order valence-corrected chi connectivity index (χ1v) is 26.5. The molecule has 78 heavy (non-hydrogen) atoms. The van der Waals surface area contributed by atoms with E-state index in [-0.39, 0.29) is 89.1 Å². The number of hydrogen-bond acceptors (Lipinski definition) is 16. The molecular formula is C54H86N12O12. The van der Waals surface area contributed by atoms with Crippen LogP contribution in [-0.4, -0.2) is 160 Å². The summed E-state index contributed by atoms with van der Waals surface area (Å²) < 4.78 is 11.6. The van der Waals surface area contributed by atoms with E-state index in [1.54, 1.807) is 30.3 Å². The van der Waals surface area contributed by atoms with Gasteiger partial charge in [-0.3, -0.25) is 43.2 Å². The van der Waals surface area contributed by atoms with Crippen molar-refractivity contribution in [2.75, 3.05) is 59.0 Å². The second-order valence-electron chi connectivity index (χ2n) is 20.5. The van der Waals surface area contributed by atoms with Crippen molar-refractivity contribution < 1.29 is 57.4 Å². The highest BCUT2D eigenvalue weighted by Gasteiger charge is 2.30. The normalized spacial score (nSPS) is 13.3. The Kier molecular flexibility index (Phi) is 30.6. The van der Waals surface area contributed by atoms with Crippen molar-refractivity contribution in [3.05, 3.63) is 54.1 Å². The molecule has 434 valence electrons. The van der Waals surface area contributed by atoms with Gasteiger partial charge in [0.2, 0.25) is 41.4 Å². The zero-order valence-corrected chi connectivity index (χ0v) is 46.4. The molecule has 2 rings (SSSR count). The molecular weight excluding hydrogens is 1010 g/mol. The average Bonchev–Trinajstić information content (AvgIpc) is 3.39. The maximum Gasteiger partial charge on any atom is 0.251 e. The lowest BCUT2D eigenvalue weighted by Gasteiger charge is -2.33. The third kappa shape index (κ3) is 26.5. The van der Waals surface area contributed by atoms with Crippen LogP contribution in [0.5, 0.6) is 5.75 Å². The highest BCUT2D eigenvalue weighted by atomic mass is 16.5. The average molecular weight is 1100 g/mol. The quantitative estimate of drug-likeness (QED) is 0.0292. The van der Waals surface area contributed by atoms with Crippen LogP contribution < -0.4 is 69.8 Å². The van der Waals surface area contributed by atoms with E-state index in [2.05, 4.69) is 47.9 Å². The first-order chi connectivity index (χ1) is 37.0. The van der Waals surface area contributed by atoms with Crippen LogP contribution in [0.3, 0.4) is 0 Å². The van der Waals surface area contributed by atoms with Gasteiger partial charge in [-0.2, -0.15) is 0 Å². The van der Waals surface area contributed by atoms with Crippen LogP contribution in [0.15, 0.2) is 48.5 Å². The van der Waals surface area contributed by atoms with Gasteiger partial charge in [0.05, 0.1) is 36.9 Å². The largest absolute Gasteiger partial charge is 0.486 e. The van der Waals surface area contributed by atoms with Gasteiger partial charge < -0.3 is 79.3 Å². The summed E-state index contributed by atoms with van der Waals surface area (Å²) in [6, 6.07) is 9.15. The molecule has 2 aromatic carbocycles. The molecule has 2 aromatic rings. The van der Waals surface area contributed by atoms with E-state index >= 15 is 0 Å². The molecule has 0 fully saturated rings. The second kappa shape index (κ2) is 35.5. The van der Waals surface area contributed by atoms with Gasteiger partial charge >= 0.3 is 0 Å². The zero-order chi connectivity index (χ0) is 58.3. The predicted octanol–water partition coefficient (Wildman–Crippen LogP) is -0.647. The van der Waals surface area contributed by atoms with Gasteiger partial charge in [-0.1, -0.05) is 45.0 Å². The molecule has 0 unspecified atom stereocenters. The molecule has 8 amide bonds. The van der Waals surface area contributed by atoms with Crippen molar-refractivity contribution >= 4 is 59.8 Å². The fourth-order valence-electron chi connectivity index (χ4n) is 7.66. The molecule has 0 aliphatic carbocycles. The summed E-state index contributed by atoms with van der Waals surface area (Å²) in [5.74, 6) is -4.35. The standard InChI is InChI=1S/C54H86N12O12/c1-8-10-45(69)62-43(20-25-58-26-21-54(6,7)78-34-53(4,5)66-48(72)38-12-9-11-37(30-38)36-13-15-40(16-14-36)77-28-27-67)50(74)60-31-46(70)63-41(18-23-56)49(73)59-32-47(71)64-44(29-35(2)3)52(76)65-42(19-24-57)51(75)61-39(33-68)17-22-55/h9,11-16,27,30,33,35,39,41-44,58H,8,10,17-26,28-29,31-32,34,55-57H2,1-7H3,(H,59,73)(H,60,74)(H,61,75)(H,62,69)(H,63,70)(H,64,71)(H,65,76)(H,66,72)/t39-,41-,42-,43-,44-/m0/s1. The molecule has 15 N–H and O–H groups in total. The summed E-state index contributed by atoms with van der Waals surface area (Å²) in [4.78, 5) is 127. The third-order valence-corrected chi connectivity index (χ3v) is 11.9. The molecule has 5 atom stereocenters. The van der Waals surface area contributed by atoms with Gasteiger partial charge in [0.25, 0.3) is 5.91 Å². The van der Waals surface area contributed by atoms with E-state index in [0.29, 0.717) is 49.8 Å². The fraction of sp³-hybridized carbons (Fsp3) is 0.593. The van der Waals surface area contributed by atoms with Crippen molar-refractivity contribution in [2.45, 2.75) is 141 Å². The summed E-state index contributed by atoms with van der Waals surface area (Å²) in [5.41, 5.74) is 17.7.